The molecule has 25 heavy (non-hydrogen) atoms. The summed E-state index contributed by atoms with van der Waals surface area (Å²) in [5, 5.41) is 3.38. The Morgan fingerprint density at radius 1 is 1.16 bits per heavy atom. The average molecular weight is 405 g/mol. The fourth-order valence-corrected chi connectivity index (χ4v) is 3.72. The van der Waals surface area contributed by atoms with E-state index in [1.807, 2.05) is 0 Å². The zero-order valence-electron chi connectivity index (χ0n) is 13.6. The first-order valence-electron chi connectivity index (χ1n) is 7.61. The fraction of sp³-hybridized carbons (Fsp3) is 0.294. The van der Waals surface area contributed by atoms with Gasteiger partial charge in [0.1, 0.15) is 5.82 Å². The summed E-state index contributed by atoms with van der Waals surface area (Å²) in [4.78, 5) is 2.34. The average Bonchev–Trinajstić information content (AvgIpc) is 3.05. The number of hydrogen-bond acceptors (Lipinski definition) is 4. The lowest BCUT2D eigenvalue weighted by molar-refractivity contribution is 0.602. The molecular formula is C17H19Cl2FN2O2S. The van der Waals surface area contributed by atoms with Gasteiger partial charge in [-0.05, 0) is 55.4 Å². The van der Waals surface area contributed by atoms with E-state index in [9.17, 15) is 12.8 Å². The Morgan fingerprint density at radius 2 is 1.80 bits per heavy atom. The molecule has 0 saturated carbocycles. The maximum atomic E-state index is 13.5. The van der Waals surface area contributed by atoms with Crippen molar-refractivity contribution in [3.8, 4) is 0 Å². The Bertz CT molecular complexity index is 838. The number of rotatable bonds is 4. The van der Waals surface area contributed by atoms with E-state index in [1.54, 1.807) is 36.4 Å². The molecule has 0 amide bonds. The van der Waals surface area contributed by atoms with Crippen LogP contribution in [0.3, 0.4) is 0 Å². The molecule has 136 valence electrons. The molecule has 3 rings (SSSR count). The number of hydrogen-bond donors (Lipinski definition) is 1. The lowest BCUT2D eigenvalue weighted by atomic mass is 10.1. The van der Waals surface area contributed by atoms with Crippen LogP contribution < -0.4 is 10.2 Å². The highest BCUT2D eigenvalue weighted by atomic mass is 35.5. The molecule has 0 spiro atoms. The molecule has 2 aromatic carbocycles. The third kappa shape index (κ3) is 4.44. The Morgan fingerprint density at radius 3 is 2.32 bits per heavy atom. The monoisotopic (exact) mass is 404 g/mol. The number of nitrogens with one attached hydrogen (secondary N) is 1. The van der Waals surface area contributed by atoms with E-state index in [-0.39, 0.29) is 28.4 Å². The summed E-state index contributed by atoms with van der Waals surface area (Å²) in [5.74, 6) is -0.461. The first-order chi connectivity index (χ1) is 11.4. The molecule has 0 aliphatic carbocycles. The highest BCUT2D eigenvalue weighted by Gasteiger charge is 2.25. The Hall–Kier alpha value is -1.34. The molecule has 8 heteroatoms. The van der Waals surface area contributed by atoms with Crippen molar-refractivity contribution in [2.75, 3.05) is 24.2 Å². The smallest absolute Gasteiger partial charge is 0.175 e. The minimum absolute atomic E-state index is 0. The zero-order chi connectivity index (χ0) is 17.3. The molecule has 0 aromatic heterocycles. The van der Waals surface area contributed by atoms with E-state index in [1.165, 1.54) is 12.3 Å². The molecule has 0 bridgehead atoms. The van der Waals surface area contributed by atoms with Gasteiger partial charge in [0.05, 0.1) is 9.92 Å². The molecular weight excluding hydrogens is 386 g/mol. The number of benzene rings is 2. The Balaban J connectivity index is 0.00000225. The molecule has 1 atom stereocenters. The summed E-state index contributed by atoms with van der Waals surface area (Å²) < 4.78 is 36.8. The number of halogens is 3. The van der Waals surface area contributed by atoms with Gasteiger partial charge in [0.2, 0.25) is 0 Å². The van der Waals surface area contributed by atoms with E-state index in [4.69, 9.17) is 11.6 Å². The summed E-state index contributed by atoms with van der Waals surface area (Å²) >= 11 is 5.94. The molecule has 4 nitrogen and oxygen atoms in total. The van der Waals surface area contributed by atoms with E-state index in [2.05, 4.69) is 10.2 Å². The normalized spacial score (nSPS) is 17.2. The maximum Gasteiger partial charge on any atom is 0.175 e. The van der Waals surface area contributed by atoms with Crippen LogP contribution in [0.15, 0.2) is 47.4 Å². The molecule has 1 aliphatic heterocycles. The summed E-state index contributed by atoms with van der Waals surface area (Å²) in [6, 6.07) is 11.5. The third-order valence-corrected chi connectivity index (χ3v) is 5.54. The fourth-order valence-electron chi connectivity index (χ4n) is 2.92. The van der Waals surface area contributed by atoms with Crippen LogP contribution in [0.5, 0.6) is 0 Å². The van der Waals surface area contributed by atoms with E-state index >= 15 is 0 Å². The van der Waals surface area contributed by atoms with Crippen LogP contribution in [-0.4, -0.2) is 33.8 Å². The van der Waals surface area contributed by atoms with E-state index < -0.39 is 15.7 Å². The predicted molar refractivity (Wildman–Crippen MR) is 102 cm³/mol. The van der Waals surface area contributed by atoms with Crippen molar-refractivity contribution in [1.29, 1.82) is 0 Å². The van der Waals surface area contributed by atoms with Crippen molar-refractivity contribution >= 4 is 45.2 Å². The number of nitrogens with zero attached hydrogens (tertiary/aromatic N) is 1. The van der Waals surface area contributed by atoms with Gasteiger partial charge in [-0.2, -0.15) is 0 Å². The van der Waals surface area contributed by atoms with E-state index in [0.29, 0.717) is 0 Å². The largest absolute Gasteiger partial charge is 0.337 e. The van der Waals surface area contributed by atoms with Gasteiger partial charge in [-0.3, -0.25) is 0 Å². The topological polar surface area (TPSA) is 49.4 Å². The SMILES string of the molecule is CS(=O)(=O)c1ccc(N(c2ccc(F)c(Cl)c2)[C@H]2CCNC2)cc1.Cl. The van der Waals surface area contributed by atoms with Crippen molar-refractivity contribution in [3.63, 3.8) is 0 Å². The van der Waals surface area contributed by atoms with Crippen molar-refractivity contribution in [2.24, 2.45) is 0 Å². The van der Waals surface area contributed by atoms with Crippen molar-refractivity contribution < 1.29 is 12.8 Å². The minimum Gasteiger partial charge on any atom is -0.337 e. The van der Waals surface area contributed by atoms with Crippen LogP contribution in [0.4, 0.5) is 15.8 Å². The van der Waals surface area contributed by atoms with Gasteiger partial charge < -0.3 is 10.2 Å². The quantitative estimate of drug-likeness (QED) is 0.841. The van der Waals surface area contributed by atoms with Gasteiger partial charge in [0, 0.05) is 30.2 Å². The summed E-state index contributed by atoms with van der Waals surface area (Å²) in [6.45, 7) is 1.69. The van der Waals surface area contributed by atoms with Crippen LogP contribution in [0.2, 0.25) is 5.02 Å². The van der Waals surface area contributed by atoms with Crippen LogP contribution in [0.25, 0.3) is 0 Å². The standard InChI is InChI=1S/C17H18ClFN2O2S.ClH/c1-24(22,23)15-5-2-12(3-6-15)21(14-8-9-20-11-14)13-4-7-17(19)16(18)10-13;/h2-7,10,14,20H,8-9,11H2,1H3;1H/t14-;/m0./s1. The molecule has 1 aliphatic rings. The van der Waals surface area contributed by atoms with Crippen LogP contribution in [-0.2, 0) is 9.84 Å². The molecule has 1 fully saturated rings. The molecule has 1 heterocycles. The summed E-state index contributed by atoms with van der Waals surface area (Å²) in [6.07, 6.45) is 2.11. The maximum absolute atomic E-state index is 13.5. The van der Waals surface area contributed by atoms with Gasteiger partial charge in [0.25, 0.3) is 0 Å². The van der Waals surface area contributed by atoms with Gasteiger partial charge >= 0.3 is 0 Å². The second-order valence-corrected chi connectivity index (χ2v) is 8.30. The van der Waals surface area contributed by atoms with Crippen LogP contribution in [0.1, 0.15) is 6.42 Å². The number of anilines is 2. The minimum atomic E-state index is -3.24. The van der Waals surface area contributed by atoms with Crippen molar-refractivity contribution in [1.82, 2.24) is 5.32 Å². The van der Waals surface area contributed by atoms with Gasteiger partial charge in [-0.1, -0.05) is 11.6 Å². The van der Waals surface area contributed by atoms with E-state index in [0.717, 1.165) is 30.9 Å². The van der Waals surface area contributed by atoms with Crippen molar-refractivity contribution in [2.45, 2.75) is 17.4 Å². The molecule has 0 radical (unpaired) electrons. The first kappa shape index (κ1) is 20.0. The Labute approximate surface area is 158 Å². The summed E-state index contributed by atoms with van der Waals surface area (Å²) in [5.41, 5.74) is 1.63. The highest BCUT2D eigenvalue weighted by molar-refractivity contribution is 7.90. The van der Waals surface area contributed by atoms with Gasteiger partial charge in [0.15, 0.2) is 9.84 Å². The second kappa shape index (κ2) is 7.91. The molecule has 1 saturated heterocycles. The van der Waals surface area contributed by atoms with Crippen LogP contribution in [0, 0.1) is 5.82 Å². The third-order valence-electron chi connectivity index (χ3n) is 4.12. The highest BCUT2D eigenvalue weighted by Crippen LogP contribution is 2.33. The molecule has 2 aromatic rings. The van der Waals surface area contributed by atoms with Crippen molar-refractivity contribution in [3.05, 3.63) is 53.3 Å². The zero-order valence-corrected chi connectivity index (χ0v) is 16.0. The summed E-state index contributed by atoms with van der Waals surface area (Å²) in [7, 11) is -3.24. The second-order valence-electron chi connectivity index (χ2n) is 5.88. The lowest BCUT2D eigenvalue weighted by Gasteiger charge is -2.31. The number of sulfone groups is 1. The lowest BCUT2D eigenvalue weighted by Crippen LogP contribution is -2.33. The first-order valence-corrected chi connectivity index (χ1v) is 9.88. The molecule has 0 unspecified atom stereocenters. The van der Waals surface area contributed by atoms with Gasteiger partial charge in [-0.15, -0.1) is 12.4 Å². The predicted octanol–water partition coefficient (Wildman–Crippen LogP) is 3.80. The molecule has 1 N–H and O–H groups in total. The van der Waals surface area contributed by atoms with Crippen LogP contribution >= 0.6 is 24.0 Å². The Kier molecular flexibility index (Phi) is 6.32. The van der Waals surface area contributed by atoms with Gasteiger partial charge in [-0.25, -0.2) is 12.8 Å².